The highest BCUT2D eigenvalue weighted by atomic mass is 32.2. The van der Waals surface area contributed by atoms with E-state index in [1.54, 1.807) is 13.1 Å². The van der Waals surface area contributed by atoms with Gasteiger partial charge in [0.1, 0.15) is 5.69 Å². The largest absolute Gasteiger partial charge is 0.354 e. The fraction of sp³-hybridized carbons (Fsp3) is 0.450. The second-order valence-corrected chi connectivity index (χ2v) is 9.73. The van der Waals surface area contributed by atoms with Gasteiger partial charge in [0.15, 0.2) is 0 Å². The van der Waals surface area contributed by atoms with Crippen LogP contribution in [0.4, 0.5) is 0 Å². The van der Waals surface area contributed by atoms with Gasteiger partial charge in [-0.1, -0.05) is 12.1 Å². The van der Waals surface area contributed by atoms with Gasteiger partial charge >= 0.3 is 0 Å². The maximum absolute atomic E-state index is 13.0. The van der Waals surface area contributed by atoms with Crippen LogP contribution in [0.1, 0.15) is 49.9 Å². The molecule has 1 aromatic carbocycles. The molecule has 0 aliphatic carbocycles. The average Bonchev–Trinajstić information content (AvgIpc) is 3.45. The number of hydrogen-bond donors (Lipinski definition) is 1. The zero-order valence-corrected chi connectivity index (χ0v) is 17.5. The normalized spacial score (nSPS) is 20.3. The van der Waals surface area contributed by atoms with Crippen LogP contribution in [-0.2, 0) is 0 Å². The number of nitrogens with zero attached hydrogens (tertiary/aromatic N) is 3. The number of benzene rings is 1. The van der Waals surface area contributed by atoms with Crippen molar-refractivity contribution in [2.45, 2.75) is 23.5 Å². The average molecular weight is 417 g/mol. The molecule has 2 fully saturated rings. The summed E-state index contributed by atoms with van der Waals surface area (Å²) in [7, 11) is 1.59. The number of piperidine rings is 1. The summed E-state index contributed by atoms with van der Waals surface area (Å²) >= 11 is 3.94. The highest BCUT2D eigenvalue weighted by molar-refractivity contribution is 8.19. The summed E-state index contributed by atoms with van der Waals surface area (Å²) in [5.74, 6) is 2.27. The number of aromatic nitrogens is 2. The van der Waals surface area contributed by atoms with Crippen molar-refractivity contribution in [2.75, 3.05) is 31.6 Å². The minimum atomic E-state index is -0.193. The van der Waals surface area contributed by atoms with Crippen molar-refractivity contribution in [1.29, 1.82) is 0 Å². The lowest BCUT2D eigenvalue weighted by Crippen LogP contribution is -2.41. The lowest BCUT2D eigenvalue weighted by molar-refractivity contribution is 0.0671. The topological polar surface area (TPSA) is 67.2 Å². The van der Waals surface area contributed by atoms with Gasteiger partial charge in [-0.25, -0.2) is 0 Å². The van der Waals surface area contributed by atoms with Crippen LogP contribution in [0.2, 0.25) is 0 Å². The van der Waals surface area contributed by atoms with E-state index in [0.29, 0.717) is 16.8 Å². The third-order valence-electron chi connectivity index (χ3n) is 5.18. The van der Waals surface area contributed by atoms with Crippen molar-refractivity contribution in [3.05, 3.63) is 53.3 Å². The smallest absolute Gasteiger partial charge is 0.271 e. The van der Waals surface area contributed by atoms with Gasteiger partial charge in [-0.2, -0.15) is 5.10 Å². The van der Waals surface area contributed by atoms with Gasteiger partial charge < -0.3 is 10.2 Å². The van der Waals surface area contributed by atoms with Crippen LogP contribution in [0, 0.1) is 0 Å². The van der Waals surface area contributed by atoms with Crippen LogP contribution in [0.5, 0.6) is 0 Å². The summed E-state index contributed by atoms with van der Waals surface area (Å²) in [6, 6.07) is 9.91. The maximum Gasteiger partial charge on any atom is 0.271 e. The van der Waals surface area contributed by atoms with E-state index in [0.717, 1.165) is 24.9 Å². The molecule has 0 saturated carbocycles. The van der Waals surface area contributed by atoms with Crippen LogP contribution in [0.25, 0.3) is 0 Å². The van der Waals surface area contributed by atoms with Gasteiger partial charge in [0, 0.05) is 43.4 Å². The van der Waals surface area contributed by atoms with Crippen molar-refractivity contribution in [1.82, 2.24) is 20.0 Å². The Labute approximate surface area is 173 Å². The SMILES string of the molecule is CNC(=O)c1ccn(C2CCCN(C(=O)c3ccc(C4SCCS4)cc3)C2)n1. The van der Waals surface area contributed by atoms with Crippen LogP contribution in [0.15, 0.2) is 36.5 Å². The zero-order chi connectivity index (χ0) is 19.5. The molecule has 1 N–H and O–H groups in total. The van der Waals surface area contributed by atoms with Gasteiger partial charge in [-0.05, 0) is 36.6 Å². The van der Waals surface area contributed by atoms with Crippen molar-refractivity contribution in [3.63, 3.8) is 0 Å². The Morgan fingerprint density at radius 3 is 2.61 bits per heavy atom. The fourth-order valence-electron chi connectivity index (χ4n) is 3.66. The predicted molar refractivity (Wildman–Crippen MR) is 114 cm³/mol. The molecule has 1 unspecified atom stereocenters. The molecule has 28 heavy (non-hydrogen) atoms. The molecule has 4 rings (SSSR count). The number of nitrogens with one attached hydrogen (secondary N) is 1. The number of thioether (sulfide) groups is 2. The van der Waals surface area contributed by atoms with Crippen molar-refractivity contribution >= 4 is 35.3 Å². The highest BCUT2D eigenvalue weighted by Crippen LogP contribution is 2.45. The van der Waals surface area contributed by atoms with Crippen LogP contribution in [0.3, 0.4) is 0 Å². The second kappa shape index (κ2) is 8.61. The van der Waals surface area contributed by atoms with E-state index < -0.39 is 0 Å². The number of carbonyl (C=O) groups is 2. The van der Waals surface area contributed by atoms with Crippen molar-refractivity contribution < 1.29 is 9.59 Å². The van der Waals surface area contributed by atoms with E-state index >= 15 is 0 Å². The summed E-state index contributed by atoms with van der Waals surface area (Å²) in [6.45, 7) is 1.37. The first kappa shape index (κ1) is 19.4. The first-order valence-corrected chi connectivity index (χ1v) is 11.6. The van der Waals surface area contributed by atoms with Crippen molar-refractivity contribution in [2.24, 2.45) is 0 Å². The van der Waals surface area contributed by atoms with E-state index in [2.05, 4.69) is 22.5 Å². The van der Waals surface area contributed by atoms with E-state index in [9.17, 15) is 9.59 Å². The van der Waals surface area contributed by atoms with Crippen LogP contribution >= 0.6 is 23.5 Å². The van der Waals surface area contributed by atoms with Gasteiger partial charge in [0.2, 0.25) is 0 Å². The van der Waals surface area contributed by atoms with E-state index in [-0.39, 0.29) is 17.9 Å². The first-order valence-electron chi connectivity index (χ1n) is 9.55. The Bertz CT molecular complexity index is 846. The molecule has 1 atom stereocenters. The minimum absolute atomic E-state index is 0.0710. The van der Waals surface area contributed by atoms with E-state index in [1.807, 2.05) is 51.4 Å². The Hall–Kier alpha value is -1.93. The number of rotatable bonds is 4. The summed E-state index contributed by atoms with van der Waals surface area (Å²) in [6.07, 6.45) is 3.71. The van der Waals surface area contributed by atoms with Crippen LogP contribution < -0.4 is 5.32 Å². The molecular formula is C20H24N4O2S2. The Balaban J connectivity index is 1.43. The molecule has 6 nitrogen and oxygen atoms in total. The Kier molecular flexibility index (Phi) is 5.96. The fourth-order valence-corrected chi connectivity index (χ4v) is 6.52. The molecular weight excluding hydrogens is 392 g/mol. The molecule has 0 spiro atoms. The summed E-state index contributed by atoms with van der Waals surface area (Å²) in [4.78, 5) is 26.6. The standard InChI is InChI=1S/C20H24N4O2S2/c1-21-18(25)17-8-10-24(22-17)16-3-2-9-23(13-16)19(26)14-4-6-15(7-5-14)20-27-11-12-28-20/h4-8,10,16,20H,2-3,9,11-13H2,1H3,(H,21,25). The molecule has 2 aliphatic heterocycles. The second-order valence-electron chi connectivity index (χ2n) is 7.00. The number of likely N-dealkylation sites (tertiary alicyclic amines) is 1. The molecule has 3 heterocycles. The van der Waals surface area contributed by atoms with Gasteiger partial charge in [-0.15, -0.1) is 23.5 Å². The third kappa shape index (κ3) is 4.07. The summed E-state index contributed by atoms with van der Waals surface area (Å²) < 4.78 is 2.32. The molecule has 1 aromatic heterocycles. The van der Waals surface area contributed by atoms with E-state index in [1.165, 1.54) is 17.1 Å². The number of amides is 2. The molecule has 2 aromatic rings. The van der Waals surface area contributed by atoms with Crippen LogP contribution in [-0.4, -0.2) is 58.1 Å². The molecule has 8 heteroatoms. The molecule has 2 aliphatic rings. The zero-order valence-electron chi connectivity index (χ0n) is 15.8. The quantitative estimate of drug-likeness (QED) is 0.829. The molecule has 0 radical (unpaired) electrons. The minimum Gasteiger partial charge on any atom is -0.354 e. The number of hydrogen-bond acceptors (Lipinski definition) is 5. The van der Waals surface area contributed by atoms with Gasteiger partial charge in [0.25, 0.3) is 11.8 Å². The van der Waals surface area contributed by atoms with Gasteiger partial charge in [-0.3, -0.25) is 14.3 Å². The molecule has 2 saturated heterocycles. The molecule has 148 valence electrons. The van der Waals surface area contributed by atoms with Gasteiger partial charge in [0.05, 0.1) is 10.6 Å². The van der Waals surface area contributed by atoms with Crippen molar-refractivity contribution in [3.8, 4) is 0 Å². The summed E-state index contributed by atoms with van der Waals surface area (Å²) in [5.41, 5.74) is 2.44. The Morgan fingerprint density at radius 1 is 1.14 bits per heavy atom. The first-order chi connectivity index (χ1) is 13.7. The summed E-state index contributed by atoms with van der Waals surface area (Å²) in [5, 5.41) is 6.98. The molecule has 0 bridgehead atoms. The third-order valence-corrected chi connectivity index (χ3v) is 8.28. The maximum atomic E-state index is 13.0. The lowest BCUT2D eigenvalue weighted by Gasteiger charge is -2.33. The predicted octanol–water partition coefficient (Wildman–Crippen LogP) is 3.20. The molecule has 2 amide bonds. The Morgan fingerprint density at radius 2 is 1.89 bits per heavy atom. The number of carbonyl (C=O) groups excluding carboxylic acids is 2. The van der Waals surface area contributed by atoms with E-state index in [4.69, 9.17) is 0 Å². The monoisotopic (exact) mass is 416 g/mol. The highest BCUT2D eigenvalue weighted by Gasteiger charge is 2.27. The lowest BCUT2D eigenvalue weighted by atomic mass is 10.0.